The second kappa shape index (κ2) is 6.51. The fourth-order valence-electron chi connectivity index (χ4n) is 1.97. The van der Waals surface area contributed by atoms with Gasteiger partial charge >= 0.3 is 12.0 Å². The van der Waals surface area contributed by atoms with Crippen molar-refractivity contribution in [3.63, 3.8) is 0 Å². The van der Waals surface area contributed by atoms with Crippen molar-refractivity contribution in [3.05, 3.63) is 29.8 Å². The van der Waals surface area contributed by atoms with Crippen LogP contribution < -0.4 is 10.1 Å². The predicted molar refractivity (Wildman–Crippen MR) is 75.8 cm³/mol. The Morgan fingerprint density at radius 2 is 2.25 bits per heavy atom. The van der Waals surface area contributed by atoms with Crippen LogP contribution in [0.5, 0.6) is 5.75 Å². The number of carbonyl (C=O) groups is 2. The summed E-state index contributed by atoms with van der Waals surface area (Å²) < 4.78 is 5.20. The van der Waals surface area contributed by atoms with Crippen LogP contribution in [0.15, 0.2) is 24.3 Å². The molecule has 0 aliphatic carbocycles. The molecule has 1 aromatic rings. The molecule has 0 bridgehead atoms. The number of para-hydroxylation sites is 1. The second-order valence-corrected chi connectivity index (χ2v) is 5.29. The van der Waals surface area contributed by atoms with E-state index < -0.39 is 12.0 Å². The minimum atomic E-state index is -0.970. The molecule has 1 fully saturated rings. The van der Waals surface area contributed by atoms with Gasteiger partial charge in [0.25, 0.3) is 0 Å². The van der Waals surface area contributed by atoms with Crippen LogP contribution in [0.1, 0.15) is 5.56 Å². The lowest BCUT2D eigenvalue weighted by Gasteiger charge is -2.21. The van der Waals surface area contributed by atoms with Crippen LogP contribution in [0.3, 0.4) is 0 Å². The van der Waals surface area contributed by atoms with Gasteiger partial charge in [-0.15, -0.1) is 11.8 Å². The van der Waals surface area contributed by atoms with Gasteiger partial charge < -0.3 is 20.1 Å². The van der Waals surface area contributed by atoms with Crippen molar-refractivity contribution in [2.45, 2.75) is 12.6 Å². The summed E-state index contributed by atoms with van der Waals surface area (Å²) in [5, 5.41) is 11.8. The highest BCUT2D eigenvalue weighted by molar-refractivity contribution is 7.99. The van der Waals surface area contributed by atoms with Crippen molar-refractivity contribution in [3.8, 4) is 5.75 Å². The third-order valence-corrected chi connectivity index (χ3v) is 4.06. The molecule has 1 heterocycles. The summed E-state index contributed by atoms with van der Waals surface area (Å²) in [5.41, 5.74) is 0.849. The number of carbonyl (C=O) groups excluding carboxylic acids is 1. The van der Waals surface area contributed by atoms with Gasteiger partial charge in [0.1, 0.15) is 11.8 Å². The summed E-state index contributed by atoms with van der Waals surface area (Å²) in [4.78, 5) is 24.4. The molecule has 0 aromatic heterocycles. The van der Waals surface area contributed by atoms with Crippen LogP contribution in [0.25, 0.3) is 0 Å². The van der Waals surface area contributed by atoms with E-state index in [9.17, 15) is 9.59 Å². The summed E-state index contributed by atoms with van der Waals surface area (Å²) in [6, 6.07) is 6.25. The monoisotopic (exact) mass is 296 g/mol. The number of hydrogen-bond donors (Lipinski definition) is 2. The molecule has 0 radical (unpaired) electrons. The largest absolute Gasteiger partial charge is 0.496 e. The van der Waals surface area contributed by atoms with E-state index in [0.717, 1.165) is 5.56 Å². The normalized spacial score (nSPS) is 17.9. The second-order valence-electron chi connectivity index (χ2n) is 4.29. The first-order valence-electron chi connectivity index (χ1n) is 6.10. The summed E-state index contributed by atoms with van der Waals surface area (Å²) >= 11 is 1.44. The van der Waals surface area contributed by atoms with Crippen LogP contribution in [-0.4, -0.2) is 46.8 Å². The van der Waals surface area contributed by atoms with Crippen LogP contribution >= 0.6 is 11.8 Å². The lowest BCUT2D eigenvalue weighted by Crippen LogP contribution is -2.46. The van der Waals surface area contributed by atoms with Gasteiger partial charge in [-0.2, -0.15) is 0 Å². The number of amides is 2. The maximum atomic E-state index is 12.0. The van der Waals surface area contributed by atoms with Crippen molar-refractivity contribution in [1.82, 2.24) is 10.2 Å². The minimum absolute atomic E-state index is 0.302. The van der Waals surface area contributed by atoms with Crippen molar-refractivity contribution in [2.24, 2.45) is 0 Å². The van der Waals surface area contributed by atoms with Gasteiger partial charge in [0.15, 0.2) is 0 Å². The van der Waals surface area contributed by atoms with Gasteiger partial charge in [0, 0.05) is 17.9 Å². The zero-order valence-electron chi connectivity index (χ0n) is 11.0. The fraction of sp³-hybridized carbons (Fsp3) is 0.385. The molecular formula is C13H16N2O4S. The van der Waals surface area contributed by atoms with Crippen LogP contribution in [0.2, 0.25) is 0 Å². The Kier molecular flexibility index (Phi) is 4.73. The summed E-state index contributed by atoms with van der Waals surface area (Å²) in [5.74, 6) is 0.549. The molecule has 108 valence electrons. The van der Waals surface area contributed by atoms with Gasteiger partial charge in [-0.3, -0.25) is 0 Å². The highest BCUT2D eigenvalue weighted by Gasteiger charge is 2.34. The number of benzene rings is 1. The first-order chi connectivity index (χ1) is 9.63. The van der Waals surface area contributed by atoms with Crippen LogP contribution in [0.4, 0.5) is 4.79 Å². The van der Waals surface area contributed by atoms with Gasteiger partial charge in [0.05, 0.1) is 13.0 Å². The number of thioether (sulfide) groups is 1. The molecular weight excluding hydrogens is 280 g/mol. The number of hydrogen-bond acceptors (Lipinski definition) is 4. The first kappa shape index (κ1) is 14.5. The third kappa shape index (κ3) is 3.16. The van der Waals surface area contributed by atoms with E-state index in [1.54, 1.807) is 7.11 Å². The number of methoxy groups -OCH3 is 1. The Balaban J connectivity index is 1.97. The Morgan fingerprint density at radius 3 is 2.95 bits per heavy atom. The number of nitrogens with one attached hydrogen (secondary N) is 1. The molecule has 1 aliphatic rings. The number of nitrogens with zero attached hydrogens (tertiary/aromatic N) is 1. The lowest BCUT2D eigenvalue weighted by molar-refractivity contribution is -0.140. The van der Waals surface area contributed by atoms with Crippen molar-refractivity contribution in [1.29, 1.82) is 0 Å². The standard InChI is InChI=1S/C13H16N2O4S/c1-19-11-5-3-2-4-9(11)6-14-13(18)15-8-20-7-10(15)12(16)17/h2-5,10H,6-8H2,1H3,(H,14,18)(H,16,17). The molecule has 0 spiro atoms. The number of carboxylic acid groups (broad SMARTS) is 1. The van der Waals surface area contributed by atoms with Crippen molar-refractivity contribution >= 4 is 23.8 Å². The van der Waals surface area contributed by atoms with Gasteiger partial charge in [-0.25, -0.2) is 9.59 Å². The van der Waals surface area contributed by atoms with E-state index in [1.165, 1.54) is 16.7 Å². The molecule has 1 aromatic carbocycles. The molecule has 2 rings (SSSR count). The molecule has 1 unspecified atom stereocenters. The third-order valence-electron chi connectivity index (χ3n) is 3.05. The molecule has 0 saturated carbocycles. The molecule has 7 heteroatoms. The van der Waals surface area contributed by atoms with Crippen LogP contribution in [0, 0.1) is 0 Å². The summed E-state index contributed by atoms with van der Waals surface area (Å²) in [6.45, 7) is 0.302. The average molecular weight is 296 g/mol. The number of ether oxygens (including phenoxy) is 1. The SMILES string of the molecule is COc1ccccc1CNC(=O)N1CSCC1C(=O)O. The molecule has 2 N–H and O–H groups in total. The van der Waals surface area contributed by atoms with Gasteiger partial charge in [-0.05, 0) is 6.07 Å². The molecule has 2 amide bonds. The van der Waals surface area contributed by atoms with E-state index in [4.69, 9.17) is 9.84 Å². The summed E-state index contributed by atoms with van der Waals surface area (Å²) in [6.07, 6.45) is 0. The molecule has 1 aliphatic heterocycles. The molecule has 1 saturated heterocycles. The molecule has 6 nitrogen and oxygen atoms in total. The smallest absolute Gasteiger partial charge is 0.327 e. The number of rotatable bonds is 4. The minimum Gasteiger partial charge on any atom is -0.496 e. The van der Waals surface area contributed by atoms with Gasteiger partial charge in [0.2, 0.25) is 0 Å². The van der Waals surface area contributed by atoms with E-state index in [2.05, 4.69) is 5.32 Å². The Hall–Kier alpha value is -1.89. The Bertz CT molecular complexity index is 509. The van der Waals surface area contributed by atoms with Crippen molar-refractivity contribution in [2.75, 3.05) is 18.7 Å². The molecule has 1 atom stereocenters. The Labute approximate surface area is 121 Å². The molecule has 20 heavy (non-hydrogen) atoms. The summed E-state index contributed by atoms with van der Waals surface area (Å²) in [7, 11) is 1.57. The average Bonchev–Trinajstić information content (AvgIpc) is 2.94. The van der Waals surface area contributed by atoms with E-state index in [-0.39, 0.29) is 6.03 Å². The predicted octanol–water partition coefficient (Wildman–Crippen LogP) is 1.36. The quantitative estimate of drug-likeness (QED) is 0.877. The first-order valence-corrected chi connectivity index (χ1v) is 7.26. The maximum Gasteiger partial charge on any atom is 0.327 e. The van der Waals surface area contributed by atoms with Crippen molar-refractivity contribution < 1.29 is 19.4 Å². The topological polar surface area (TPSA) is 78.9 Å². The van der Waals surface area contributed by atoms with Gasteiger partial charge in [-0.1, -0.05) is 18.2 Å². The number of aliphatic carboxylic acids is 1. The van der Waals surface area contributed by atoms with E-state index in [1.807, 2.05) is 24.3 Å². The fourth-order valence-corrected chi connectivity index (χ4v) is 3.11. The van der Waals surface area contributed by atoms with E-state index in [0.29, 0.717) is 23.9 Å². The zero-order chi connectivity index (χ0) is 14.5. The Morgan fingerprint density at radius 1 is 1.50 bits per heavy atom. The maximum absolute atomic E-state index is 12.0. The lowest BCUT2D eigenvalue weighted by atomic mass is 10.2. The highest BCUT2D eigenvalue weighted by Crippen LogP contribution is 2.21. The number of urea groups is 1. The van der Waals surface area contributed by atoms with Crippen LogP contribution in [-0.2, 0) is 11.3 Å². The zero-order valence-corrected chi connectivity index (χ0v) is 11.9. The van der Waals surface area contributed by atoms with E-state index >= 15 is 0 Å². The highest BCUT2D eigenvalue weighted by atomic mass is 32.2. The number of carboxylic acids is 1.